The molecular formula is C12H19NO3S. The van der Waals surface area contributed by atoms with Gasteiger partial charge in [0.05, 0.1) is 17.4 Å². The van der Waals surface area contributed by atoms with Crippen LogP contribution in [0.4, 0.5) is 0 Å². The molecule has 0 aromatic heterocycles. The Morgan fingerprint density at radius 2 is 1.82 bits per heavy atom. The molecule has 0 bridgehead atoms. The van der Waals surface area contributed by atoms with Crippen molar-refractivity contribution < 1.29 is 13.5 Å². The zero-order valence-corrected chi connectivity index (χ0v) is 11.1. The van der Waals surface area contributed by atoms with Gasteiger partial charge in [0.25, 0.3) is 0 Å². The summed E-state index contributed by atoms with van der Waals surface area (Å²) in [5.74, 6) is 0.125. The minimum atomic E-state index is -3.10. The molecule has 1 aromatic rings. The smallest absolute Gasteiger partial charge is 0.178 e. The molecule has 96 valence electrons. The Bertz CT molecular complexity index is 439. The summed E-state index contributed by atoms with van der Waals surface area (Å²) < 4.78 is 23.2. The van der Waals surface area contributed by atoms with Crippen molar-refractivity contribution in [2.45, 2.75) is 18.2 Å². The van der Waals surface area contributed by atoms with E-state index < -0.39 is 9.84 Å². The standard InChI is InChI=1S/C12H19NO3S/c1-3-17(15,16)12-6-4-11(5-7-12)8-9-13(2)10-14/h4-7,14H,3,8-10H2,1-2H3. The lowest BCUT2D eigenvalue weighted by atomic mass is 10.1. The third-order valence-corrected chi connectivity index (χ3v) is 4.44. The monoisotopic (exact) mass is 257 g/mol. The molecule has 1 N–H and O–H groups in total. The zero-order chi connectivity index (χ0) is 12.9. The second-order valence-electron chi connectivity index (χ2n) is 4.02. The first-order valence-electron chi connectivity index (χ1n) is 5.60. The van der Waals surface area contributed by atoms with Crippen molar-refractivity contribution in [3.8, 4) is 0 Å². The van der Waals surface area contributed by atoms with E-state index in [9.17, 15) is 8.42 Å². The minimum absolute atomic E-state index is 0.0301. The summed E-state index contributed by atoms with van der Waals surface area (Å²) in [7, 11) is -1.27. The number of sulfone groups is 1. The maximum Gasteiger partial charge on any atom is 0.178 e. The van der Waals surface area contributed by atoms with E-state index in [1.54, 1.807) is 24.0 Å². The first kappa shape index (κ1) is 14.2. The molecule has 0 amide bonds. The van der Waals surface area contributed by atoms with Gasteiger partial charge in [0.1, 0.15) is 0 Å². The Morgan fingerprint density at radius 1 is 1.24 bits per heavy atom. The normalized spacial score (nSPS) is 12.0. The molecule has 0 spiro atoms. The van der Waals surface area contributed by atoms with Crippen molar-refractivity contribution in [3.05, 3.63) is 29.8 Å². The number of aliphatic hydroxyl groups is 1. The van der Waals surface area contributed by atoms with Crippen LogP contribution in [0.3, 0.4) is 0 Å². The van der Waals surface area contributed by atoms with Gasteiger partial charge in [-0.05, 0) is 31.2 Å². The lowest BCUT2D eigenvalue weighted by molar-refractivity contribution is 0.134. The number of rotatable bonds is 6. The topological polar surface area (TPSA) is 57.6 Å². The van der Waals surface area contributed by atoms with E-state index >= 15 is 0 Å². The molecule has 0 radical (unpaired) electrons. The SMILES string of the molecule is CCS(=O)(=O)c1ccc(CCN(C)CO)cc1. The van der Waals surface area contributed by atoms with E-state index in [2.05, 4.69) is 0 Å². The number of hydrogen-bond acceptors (Lipinski definition) is 4. The molecule has 0 aliphatic carbocycles. The van der Waals surface area contributed by atoms with E-state index in [1.807, 2.05) is 19.2 Å². The van der Waals surface area contributed by atoms with Crippen molar-refractivity contribution in [1.29, 1.82) is 0 Å². The van der Waals surface area contributed by atoms with Crippen molar-refractivity contribution in [3.63, 3.8) is 0 Å². The average molecular weight is 257 g/mol. The van der Waals surface area contributed by atoms with Gasteiger partial charge in [-0.1, -0.05) is 19.1 Å². The Balaban J connectivity index is 2.69. The summed E-state index contributed by atoms with van der Waals surface area (Å²) in [5.41, 5.74) is 1.07. The molecule has 17 heavy (non-hydrogen) atoms. The van der Waals surface area contributed by atoms with Crippen LogP contribution in [0.1, 0.15) is 12.5 Å². The van der Waals surface area contributed by atoms with Gasteiger partial charge in [0, 0.05) is 6.54 Å². The van der Waals surface area contributed by atoms with Crippen LogP contribution in [0.15, 0.2) is 29.2 Å². The number of nitrogens with zero attached hydrogens (tertiary/aromatic N) is 1. The van der Waals surface area contributed by atoms with Gasteiger partial charge in [0.15, 0.2) is 9.84 Å². The highest BCUT2D eigenvalue weighted by atomic mass is 32.2. The van der Waals surface area contributed by atoms with E-state index in [0.29, 0.717) is 4.90 Å². The van der Waals surface area contributed by atoms with Crippen LogP contribution in [0.2, 0.25) is 0 Å². The summed E-state index contributed by atoms with van der Waals surface area (Å²) in [6.45, 7) is 2.41. The highest BCUT2D eigenvalue weighted by molar-refractivity contribution is 7.91. The van der Waals surface area contributed by atoms with Crippen molar-refractivity contribution in [2.75, 3.05) is 26.1 Å². The molecule has 5 heteroatoms. The van der Waals surface area contributed by atoms with Crippen LogP contribution in [0.25, 0.3) is 0 Å². The van der Waals surface area contributed by atoms with Gasteiger partial charge in [-0.15, -0.1) is 0 Å². The molecule has 0 saturated heterocycles. The van der Waals surface area contributed by atoms with E-state index in [1.165, 1.54) is 0 Å². The summed E-state index contributed by atoms with van der Waals surface area (Å²) in [5, 5.41) is 8.84. The predicted molar refractivity (Wildman–Crippen MR) is 67.6 cm³/mol. The fourth-order valence-corrected chi connectivity index (χ4v) is 2.30. The molecule has 0 saturated carbocycles. The highest BCUT2D eigenvalue weighted by Gasteiger charge is 2.10. The Kier molecular flexibility index (Phi) is 5.11. The van der Waals surface area contributed by atoms with E-state index in [-0.39, 0.29) is 12.5 Å². The Labute approximate surface area is 103 Å². The molecule has 4 nitrogen and oxygen atoms in total. The van der Waals surface area contributed by atoms with E-state index in [0.717, 1.165) is 18.5 Å². The highest BCUT2D eigenvalue weighted by Crippen LogP contribution is 2.12. The molecule has 0 aliphatic heterocycles. The minimum Gasteiger partial charge on any atom is -0.381 e. The second-order valence-corrected chi connectivity index (χ2v) is 6.30. The predicted octanol–water partition coefficient (Wildman–Crippen LogP) is 0.904. The lowest BCUT2D eigenvalue weighted by Crippen LogP contribution is -2.21. The molecule has 0 atom stereocenters. The summed E-state index contributed by atoms with van der Waals surface area (Å²) in [6, 6.07) is 6.95. The molecule has 0 aliphatic rings. The summed E-state index contributed by atoms with van der Waals surface area (Å²) >= 11 is 0. The fourth-order valence-electron chi connectivity index (χ4n) is 1.42. The maximum atomic E-state index is 11.6. The zero-order valence-electron chi connectivity index (χ0n) is 10.3. The van der Waals surface area contributed by atoms with Gasteiger partial charge >= 0.3 is 0 Å². The summed E-state index contributed by atoms with van der Waals surface area (Å²) in [4.78, 5) is 2.16. The maximum absolute atomic E-state index is 11.6. The first-order chi connectivity index (χ1) is 7.99. The number of aliphatic hydroxyl groups excluding tert-OH is 1. The van der Waals surface area contributed by atoms with Crippen LogP contribution in [0, 0.1) is 0 Å². The van der Waals surface area contributed by atoms with Crippen LogP contribution in [0.5, 0.6) is 0 Å². The number of benzene rings is 1. The third-order valence-electron chi connectivity index (χ3n) is 2.69. The Morgan fingerprint density at radius 3 is 2.29 bits per heavy atom. The molecule has 0 heterocycles. The van der Waals surface area contributed by atoms with Gasteiger partial charge < -0.3 is 5.11 Å². The van der Waals surface area contributed by atoms with Crippen LogP contribution in [-0.4, -0.2) is 44.5 Å². The molecule has 1 aromatic carbocycles. The molecule has 0 unspecified atom stereocenters. The van der Waals surface area contributed by atoms with Crippen LogP contribution < -0.4 is 0 Å². The van der Waals surface area contributed by atoms with Gasteiger partial charge in [-0.3, -0.25) is 4.90 Å². The number of likely N-dealkylation sites (N-methyl/N-ethyl adjacent to an activating group) is 1. The number of hydrogen-bond donors (Lipinski definition) is 1. The quantitative estimate of drug-likeness (QED) is 0.769. The van der Waals surface area contributed by atoms with Gasteiger partial charge in [0.2, 0.25) is 0 Å². The van der Waals surface area contributed by atoms with Gasteiger partial charge in [-0.2, -0.15) is 0 Å². The fraction of sp³-hybridized carbons (Fsp3) is 0.500. The van der Waals surface area contributed by atoms with Gasteiger partial charge in [-0.25, -0.2) is 8.42 Å². The second kappa shape index (κ2) is 6.14. The van der Waals surface area contributed by atoms with Crippen LogP contribution in [-0.2, 0) is 16.3 Å². The lowest BCUT2D eigenvalue weighted by Gasteiger charge is -2.12. The third kappa shape index (κ3) is 4.11. The van der Waals surface area contributed by atoms with E-state index in [4.69, 9.17) is 5.11 Å². The average Bonchev–Trinajstić information content (AvgIpc) is 2.36. The largest absolute Gasteiger partial charge is 0.381 e. The molecular weight excluding hydrogens is 238 g/mol. The summed E-state index contributed by atoms with van der Waals surface area (Å²) in [6.07, 6.45) is 0.795. The Hall–Kier alpha value is -0.910. The van der Waals surface area contributed by atoms with Crippen LogP contribution >= 0.6 is 0 Å². The molecule has 1 rings (SSSR count). The van der Waals surface area contributed by atoms with Crippen molar-refractivity contribution in [2.24, 2.45) is 0 Å². The molecule has 0 fully saturated rings. The van der Waals surface area contributed by atoms with Crippen molar-refractivity contribution in [1.82, 2.24) is 4.90 Å². The first-order valence-corrected chi connectivity index (χ1v) is 7.26. The van der Waals surface area contributed by atoms with Crippen molar-refractivity contribution >= 4 is 9.84 Å².